The Hall–Kier alpha value is -0.275. The van der Waals surface area contributed by atoms with Crippen molar-refractivity contribution < 1.29 is 9.47 Å². The first-order valence-corrected chi connectivity index (χ1v) is 14.7. The van der Waals surface area contributed by atoms with E-state index in [0.29, 0.717) is 23.4 Å². The maximum atomic E-state index is 7.59. The summed E-state index contributed by atoms with van der Waals surface area (Å²) in [6.45, 7) is 14.1. The number of methoxy groups -OCH3 is 1. The molecule has 34 heavy (non-hydrogen) atoms. The lowest BCUT2D eigenvalue weighted by atomic mass is 9.35. The van der Waals surface area contributed by atoms with Gasteiger partial charge in [-0.15, -0.1) is 0 Å². The standard InChI is InChI=1S/C31H53BO2/c1-22(2)9-7-10-23(3)26-11-12-27-30(26,5)17-15-28-29(4)16-14-25(34-20-8-19-33-6)21-24(29)13-18-31(27,28)32/h13,22-23,25-28H,7-12,14-21H2,1-6H3/t23-,25?,26?,27?,28?,29?,30?,31?/m1/s1. The van der Waals surface area contributed by atoms with E-state index in [1.165, 1.54) is 57.8 Å². The molecule has 2 nitrogen and oxygen atoms in total. The van der Waals surface area contributed by atoms with Crippen LogP contribution >= 0.6 is 0 Å². The molecule has 0 aromatic heterocycles. The third kappa shape index (κ3) is 4.83. The van der Waals surface area contributed by atoms with Crippen molar-refractivity contribution in [2.24, 2.45) is 40.4 Å². The lowest BCUT2D eigenvalue weighted by Gasteiger charge is -2.64. The van der Waals surface area contributed by atoms with E-state index in [9.17, 15) is 0 Å². The number of ether oxygens (including phenoxy) is 2. The third-order valence-corrected chi connectivity index (χ3v) is 11.3. The van der Waals surface area contributed by atoms with Gasteiger partial charge in [0.15, 0.2) is 0 Å². The van der Waals surface area contributed by atoms with Gasteiger partial charge in [0, 0.05) is 20.3 Å². The molecule has 0 bridgehead atoms. The van der Waals surface area contributed by atoms with Gasteiger partial charge >= 0.3 is 0 Å². The summed E-state index contributed by atoms with van der Waals surface area (Å²) in [6.07, 6.45) is 18.3. The minimum absolute atomic E-state index is 0.0101. The maximum Gasteiger partial charge on any atom is 0.0758 e. The molecule has 0 aliphatic heterocycles. The Morgan fingerprint density at radius 2 is 1.76 bits per heavy atom. The van der Waals surface area contributed by atoms with Gasteiger partial charge in [-0.25, -0.2) is 0 Å². The molecule has 3 fully saturated rings. The first-order valence-electron chi connectivity index (χ1n) is 14.7. The van der Waals surface area contributed by atoms with E-state index < -0.39 is 0 Å². The molecular weight excluding hydrogens is 415 g/mol. The van der Waals surface area contributed by atoms with Crippen LogP contribution in [-0.2, 0) is 9.47 Å². The lowest BCUT2D eigenvalue weighted by Crippen LogP contribution is -2.54. The summed E-state index contributed by atoms with van der Waals surface area (Å²) in [5, 5.41) is -0.0101. The molecule has 0 aromatic rings. The van der Waals surface area contributed by atoms with Gasteiger partial charge in [-0.05, 0) is 98.2 Å². The summed E-state index contributed by atoms with van der Waals surface area (Å²) in [4.78, 5) is 0. The maximum absolute atomic E-state index is 7.59. The van der Waals surface area contributed by atoms with Gasteiger partial charge in [0.2, 0.25) is 0 Å². The molecule has 0 aromatic carbocycles. The Labute approximate surface area is 212 Å². The number of allylic oxidation sites excluding steroid dienone is 1. The highest BCUT2D eigenvalue weighted by Crippen LogP contribution is 2.74. The van der Waals surface area contributed by atoms with Crippen molar-refractivity contribution in [1.29, 1.82) is 0 Å². The van der Waals surface area contributed by atoms with Gasteiger partial charge < -0.3 is 9.47 Å². The Balaban J connectivity index is 1.45. The predicted molar refractivity (Wildman–Crippen MR) is 144 cm³/mol. The number of fused-ring (bicyclic) bond motifs is 5. The van der Waals surface area contributed by atoms with Crippen LogP contribution in [-0.4, -0.2) is 34.3 Å². The Morgan fingerprint density at radius 3 is 2.50 bits per heavy atom. The quantitative estimate of drug-likeness (QED) is 0.183. The zero-order valence-corrected chi connectivity index (χ0v) is 23.3. The van der Waals surface area contributed by atoms with Gasteiger partial charge in [-0.2, -0.15) is 0 Å². The van der Waals surface area contributed by atoms with Crippen molar-refractivity contribution in [1.82, 2.24) is 0 Å². The summed E-state index contributed by atoms with van der Waals surface area (Å²) >= 11 is 0. The normalized spacial score (nSPS) is 42.6. The minimum atomic E-state index is -0.0101. The fourth-order valence-corrected chi connectivity index (χ4v) is 9.47. The number of rotatable bonds is 10. The monoisotopic (exact) mass is 468 g/mol. The number of hydrogen-bond donors (Lipinski definition) is 0. The molecule has 0 amide bonds. The Kier molecular flexibility index (Phi) is 8.35. The van der Waals surface area contributed by atoms with Crippen molar-refractivity contribution in [2.45, 2.75) is 123 Å². The average Bonchev–Trinajstić information content (AvgIpc) is 3.15. The first kappa shape index (κ1) is 26.8. The van der Waals surface area contributed by atoms with Crippen LogP contribution in [0.2, 0.25) is 5.31 Å². The van der Waals surface area contributed by atoms with E-state index >= 15 is 0 Å². The van der Waals surface area contributed by atoms with E-state index in [1.54, 1.807) is 12.7 Å². The minimum Gasteiger partial charge on any atom is -0.385 e. The molecule has 7 unspecified atom stereocenters. The SMILES string of the molecule is [B]C12CC=C3CC(OCCCOC)CCC3(C)C1CCC1(C)C([C@H](C)CCCC(C)C)CCC21. The van der Waals surface area contributed by atoms with Crippen LogP contribution in [0.15, 0.2) is 11.6 Å². The highest BCUT2D eigenvalue weighted by Gasteiger charge is 2.63. The smallest absolute Gasteiger partial charge is 0.0758 e. The zero-order valence-electron chi connectivity index (χ0n) is 23.3. The van der Waals surface area contributed by atoms with Crippen molar-refractivity contribution >= 4 is 7.85 Å². The highest BCUT2D eigenvalue weighted by atomic mass is 16.5. The van der Waals surface area contributed by atoms with E-state index in [0.717, 1.165) is 50.2 Å². The summed E-state index contributed by atoms with van der Waals surface area (Å²) in [5.41, 5.74) is 2.38. The molecule has 4 aliphatic rings. The average molecular weight is 469 g/mol. The molecule has 2 radical (unpaired) electrons. The molecule has 0 saturated heterocycles. The summed E-state index contributed by atoms with van der Waals surface area (Å²) in [5.74, 6) is 3.86. The molecule has 3 heteroatoms. The first-order chi connectivity index (χ1) is 16.1. The van der Waals surface area contributed by atoms with E-state index in [-0.39, 0.29) is 10.7 Å². The zero-order chi connectivity index (χ0) is 24.6. The number of hydrogen-bond acceptors (Lipinski definition) is 2. The van der Waals surface area contributed by atoms with Crippen LogP contribution in [0.1, 0.15) is 112 Å². The Morgan fingerprint density at radius 1 is 0.971 bits per heavy atom. The van der Waals surface area contributed by atoms with Gasteiger partial charge in [0.05, 0.1) is 14.0 Å². The van der Waals surface area contributed by atoms with Gasteiger partial charge in [0.25, 0.3) is 0 Å². The lowest BCUT2D eigenvalue weighted by molar-refractivity contribution is -0.0561. The topological polar surface area (TPSA) is 18.5 Å². The third-order valence-electron chi connectivity index (χ3n) is 11.3. The van der Waals surface area contributed by atoms with Crippen LogP contribution in [0.3, 0.4) is 0 Å². The summed E-state index contributed by atoms with van der Waals surface area (Å²) in [6, 6.07) is 0. The highest BCUT2D eigenvalue weighted by molar-refractivity contribution is 6.16. The van der Waals surface area contributed by atoms with Crippen LogP contribution in [0.25, 0.3) is 0 Å². The van der Waals surface area contributed by atoms with Crippen LogP contribution in [0.5, 0.6) is 0 Å². The van der Waals surface area contributed by atoms with Crippen molar-refractivity contribution in [2.75, 3.05) is 20.3 Å². The molecule has 4 aliphatic carbocycles. The van der Waals surface area contributed by atoms with Crippen molar-refractivity contribution in [3.8, 4) is 0 Å². The summed E-state index contributed by atoms with van der Waals surface area (Å²) < 4.78 is 11.5. The van der Waals surface area contributed by atoms with Crippen LogP contribution in [0, 0.1) is 40.4 Å². The molecule has 4 rings (SSSR count). The summed E-state index contributed by atoms with van der Waals surface area (Å²) in [7, 11) is 9.36. The van der Waals surface area contributed by atoms with Gasteiger partial charge in [-0.3, -0.25) is 0 Å². The van der Waals surface area contributed by atoms with E-state index in [4.69, 9.17) is 17.3 Å². The van der Waals surface area contributed by atoms with Gasteiger partial charge in [-0.1, -0.05) is 70.8 Å². The Bertz CT molecular complexity index is 718. The van der Waals surface area contributed by atoms with Crippen molar-refractivity contribution in [3.63, 3.8) is 0 Å². The fourth-order valence-electron chi connectivity index (χ4n) is 9.47. The van der Waals surface area contributed by atoms with Gasteiger partial charge in [0.1, 0.15) is 0 Å². The predicted octanol–water partition coefficient (Wildman–Crippen LogP) is 8.16. The molecule has 192 valence electrons. The van der Waals surface area contributed by atoms with Crippen LogP contribution < -0.4 is 0 Å². The second-order valence-corrected chi connectivity index (χ2v) is 13.7. The molecular formula is C31H53BO2. The second-order valence-electron chi connectivity index (χ2n) is 13.7. The fraction of sp³-hybridized carbons (Fsp3) is 0.935. The molecule has 0 N–H and O–H groups in total. The largest absolute Gasteiger partial charge is 0.385 e. The molecule has 8 atom stereocenters. The van der Waals surface area contributed by atoms with E-state index in [1.807, 2.05) is 0 Å². The molecule has 0 heterocycles. The van der Waals surface area contributed by atoms with E-state index in [2.05, 4.69) is 40.7 Å². The molecule has 3 saturated carbocycles. The van der Waals surface area contributed by atoms with Crippen LogP contribution in [0.4, 0.5) is 0 Å². The van der Waals surface area contributed by atoms with Crippen molar-refractivity contribution in [3.05, 3.63) is 11.6 Å². The molecule has 0 spiro atoms. The second kappa shape index (κ2) is 10.6.